The molecule has 0 aromatic rings. The summed E-state index contributed by atoms with van der Waals surface area (Å²) in [6.07, 6.45) is 1.59. The standard InChI is InChI=1S/C9H17NO3/c1-7(6-11)10-9(12)8-2-4-13-5-3-8/h7-8,11H,2-6H2,1H3,(H,10,12)/t7-/m1/s1. The van der Waals surface area contributed by atoms with Crippen molar-refractivity contribution in [2.75, 3.05) is 19.8 Å². The van der Waals surface area contributed by atoms with Crippen LogP contribution >= 0.6 is 0 Å². The molecule has 1 heterocycles. The average molecular weight is 187 g/mol. The number of aliphatic hydroxyl groups is 1. The Bertz CT molecular complexity index is 166. The molecular formula is C9H17NO3. The molecule has 0 radical (unpaired) electrons. The summed E-state index contributed by atoms with van der Waals surface area (Å²) in [5.41, 5.74) is 0. The minimum absolute atomic E-state index is 0.00500. The zero-order valence-corrected chi connectivity index (χ0v) is 7.95. The minimum atomic E-state index is -0.143. The largest absolute Gasteiger partial charge is 0.394 e. The van der Waals surface area contributed by atoms with E-state index in [1.165, 1.54) is 0 Å². The maximum atomic E-state index is 11.5. The van der Waals surface area contributed by atoms with Gasteiger partial charge in [-0.05, 0) is 19.8 Å². The lowest BCUT2D eigenvalue weighted by molar-refractivity contribution is -0.128. The van der Waals surface area contributed by atoms with Gasteiger partial charge in [0.15, 0.2) is 0 Å². The van der Waals surface area contributed by atoms with Gasteiger partial charge in [-0.25, -0.2) is 0 Å². The normalized spacial score (nSPS) is 21.1. The van der Waals surface area contributed by atoms with E-state index in [-0.39, 0.29) is 24.5 Å². The van der Waals surface area contributed by atoms with Crippen molar-refractivity contribution in [2.24, 2.45) is 5.92 Å². The van der Waals surface area contributed by atoms with Crippen LogP contribution in [-0.4, -0.2) is 36.9 Å². The van der Waals surface area contributed by atoms with Crippen molar-refractivity contribution in [1.82, 2.24) is 5.32 Å². The van der Waals surface area contributed by atoms with Crippen LogP contribution in [0.2, 0.25) is 0 Å². The Morgan fingerprint density at radius 1 is 1.62 bits per heavy atom. The second kappa shape index (κ2) is 5.19. The molecule has 1 aliphatic rings. The first kappa shape index (κ1) is 10.5. The summed E-state index contributed by atoms with van der Waals surface area (Å²) in [6, 6.07) is -0.143. The van der Waals surface area contributed by atoms with Crippen LogP contribution in [0.3, 0.4) is 0 Å². The van der Waals surface area contributed by atoms with Crippen molar-refractivity contribution in [3.63, 3.8) is 0 Å². The summed E-state index contributed by atoms with van der Waals surface area (Å²) in [4.78, 5) is 11.5. The van der Waals surface area contributed by atoms with Crippen LogP contribution < -0.4 is 5.32 Å². The van der Waals surface area contributed by atoms with Gasteiger partial charge in [-0.1, -0.05) is 0 Å². The molecule has 2 N–H and O–H groups in total. The highest BCUT2D eigenvalue weighted by Gasteiger charge is 2.22. The van der Waals surface area contributed by atoms with E-state index in [2.05, 4.69) is 5.32 Å². The third-order valence-corrected chi connectivity index (χ3v) is 2.25. The quantitative estimate of drug-likeness (QED) is 0.649. The monoisotopic (exact) mass is 187 g/mol. The van der Waals surface area contributed by atoms with Crippen LogP contribution in [0.4, 0.5) is 0 Å². The Labute approximate surface area is 78.3 Å². The highest BCUT2D eigenvalue weighted by atomic mass is 16.5. The predicted molar refractivity (Wildman–Crippen MR) is 48.2 cm³/mol. The van der Waals surface area contributed by atoms with Crippen LogP contribution in [0.25, 0.3) is 0 Å². The highest BCUT2D eigenvalue weighted by Crippen LogP contribution is 2.14. The van der Waals surface area contributed by atoms with Crippen LogP contribution in [0.5, 0.6) is 0 Å². The van der Waals surface area contributed by atoms with Crippen molar-refractivity contribution in [3.05, 3.63) is 0 Å². The molecule has 0 aliphatic carbocycles. The van der Waals surface area contributed by atoms with E-state index < -0.39 is 0 Å². The molecule has 4 nitrogen and oxygen atoms in total. The number of hydrogen-bond acceptors (Lipinski definition) is 3. The molecule has 1 saturated heterocycles. The zero-order valence-electron chi connectivity index (χ0n) is 7.95. The van der Waals surface area contributed by atoms with E-state index in [0.717, 1.165) is 12.8 Å². The summed E-state index contributed by atoms with van der Waals surface area (Å²) < 4.78 is 5.15. The lowest BCUT2D eigenvalue weighted by Crippen LogP contribution is -2.40. The summed E-state index contributed by atoms with van der Waals surface area (Å²) in [7, 11) is 0. The minimum Gasteiger partial charge on any atom is -0.394 e. The van der Waals surface area contributed by atoms with Gasteiger partial charge in [-0.15, -0.1) is 0 Å². The van der Waals surface area contributed by atoms with E-state index in [1.807, 2.05) is 0 Å². The third kappa shape index (κ3) is 3.32. The smallest absolute Gasteiger partial charge is 0.223 e. The number of carbonyl (C=O) groups is 1. The molecule has 0 aromatic heterocycles. The fourth-order valence-corrected chi connectivity index (χ4v) is 1.37. The molecule has 0 saturated carbocycles. The molecule has 0 aromatic carbocycles. The number of rotatable bonds is 3. The summed E-state index contributed by atoms with van der Waals surface area (Å²) in [5.74, 6) is 0.118. The number of amides is 1. The second-order valence-electron chi connectivity index (χ2n) is 3.48. The van der Waals surface area contributed by atoms with Crippen molar-refractivity contribution in [3.8, 4) is 0 Å². The summed E-state index contributed by atoms with van der Waals surface area (Å²) in [5, 5.41) is 11.5. The van der Waals surface area contributed by atoms with Gasteiger partial charge >= 0.3 is 0 Å². The molecule has 13 heavy (non-hydrogen) atoms. The third-order valence-electron chi connectivity index (χ3n) is 2.25. The molecule has 0 spiro atoms. The van der Waals surface area contributed by atoms with E-state index in [9.17, 15) is 4.79 Å². The van der Waals surface area contributed by atoms with Gasteiger partial charge in [0.2, 0.25) is 5.91 Å². The molecule has 1 amide bonds. The van der Waals surface area contributed by atoms with Gasteiger partial charge in [0.05, 0.1) is 6.61 Å². The number of nitrogens with one attached hydrogen (secondary N) is 1. The molecule has 1 fully saturated rings. The molecule has 1 aliphatic heterocycles. The number of ether oxygens (including phenoxy) is 1. The van der Waals surface area contributed by atoms with Crippen molar-refractivity contribution < 1.29 is 14.6 Å². The molecular weight excluding hydrogens is 170 g/mol. The van der Waals surface area contributed by atoms with Crippen LogP contribution in [-0.2, 0) is 9.53 Å². The predicted octanol–water partition coefficient (Wildman–Crippen LogP) is -0.0900. The van der Waals surface area contributed by atoms with Gasteiger partial charge in [0.1, 0.15) is 0 Å². The summed E-state index contributed by atoms with van der Waals surface area (Å²) in [6.45, 7) is 3.13. The van der Waals surface area contributed by atoms with Crippen LogP contribution in [0.15, 0.2) is 0 Å². The fourth-order valence-electron chi connectivity index (χ4n) is 1.37. The van der Waals surface area contributed by atoms with Crippen molar-refractivity contribution in [2.45, 2.75) is 25.8 Å². The highest BCUT2D eigenvalue weighted by molar-refractivity contribution is 5.78. The topological polar surface area (TPSA) is 58.6 Å². The van der Waals surface area contributed by atoms with E-state index >= 15 is 0 Å². The number of hydrogen-bond donors (Lipinski definition) is 2. The lowest BCUT2D eigenvalue weighted by atomic mass is 9.99. The maximum absolute atomic E-state index is 11.5. The van der Waals surface area contributed by atoms with Gasteiger partial charge in [-0.3, -0.25) is 4.79 Å². The first-order valence-electron chi connectivity index (χ1n) is 4.73. The Kier molecular flexibility index (Phi) is 4.18. The van der Waals surface area contributed by atoms with Gasteiger partial charge < -0.3 is 15.2 Å². The van der Waals surface area contributed by atoms with Crippen molar-refractivity contribution >= 4 is 5.91 Å². The molecule has 1 rings (SSSR count). The first-order valence-corrected chi connectivity index (χ1v) is 4.73. The van der Waals surface area contributed by atoms with Gasteiger partial charge in [0, 0.05) is 25.2 Å². The number of aliphatic hydroxyl groups excluding tert-OH is 1. The van der Waals surface area contributed by atoms with E-state index in [4.69, 9.17) is 9.84 Å². The van der Waals surface area contributed by atoms with Gasteiger partial charge in [-0.2, -0.15) is 0 Å². The van der Waals surface area contributed by atoms with Crippen molar-refractivity contribution in [1.29, 1.82) is 0 Å². The van der Waals surface area contributed by atoms with E-state index in [0.29, 0.717) is 13.2 Å². The van der Waals surface area contributed by atoms with E-state index in [1.54, 1.807) is 6.92 Å². The number of carbonyl (C=O) groups excluding carboxylic acids is 1. The van der Waals surface area contributed by atoms with Crippen LogP contribution in [0.1, 0.15) is 19.8 Å². The summed E-state index contributed by atoms with van der Waals surface area (Å²) >= 11 is 0. The zero-order chi connectivity index (χ0) is 9.68. The second-order valence-corrected chi connectivity index (χ2v) is 3.48. The fraction of sp³-hybridized carbons (Fsp3) is 0.889. The molecule has 76 valence electrons. The Morgan fingerprint density at radius 3 is 2.77 bits per heavy atom. The Balaban J connectivity index is 2.29. The molecule has 0 unspecified atom stereocenters. The molecule has 0 bridgehead atoms. The molecule has 4 heteroatoms. The Morgan fingerprint density at radius 2 is 2.23 bits per heavy atom. The molecule has 1 atom stereocenters. The lowest BCUT2D eigenvalue weighted by Gasteiger charge is -2.22. The van der Waals surface area contributed by atoms with Crippen LogP contribution in [0, 0.1) is 5.92 Å². The average Bonchev–Trinajstić information content (AvgIpc) is 2.19. The Hall–Kier alpha value is -0.610. The SMILES string of the molecule is C[C@H](CO)NC(=O)C1CCOCC1. The first-order chi connectivity index (χ1) is 6.24. The van der Waals surface area contributed by atoms with Gasteiger partial charge in [0.25, 0.3) is 0 Å². The maximum Gasteiger partial charge on any atom is 0.223 e.